The van der Waals surface area contributed by atoms with E-state index < -0.39 is 0 Å². The Kier molecular flexibility index (Phi) is 5.54. The third-order valence-electron chi connectivity index (χ3n) is 3.51. The number of nitrogens with zero attached hydrogens (tertiary/aromatic N) is 2. The molecule has 1 aromatic heterocycles. The van der Waals surface area contributed by atoms with Gasteiger partial charge in [0.1, 0.15) is 10.3 Å². The van der Waals surface area contributed by atoms with E-state index in [4.69, 9.17) is 4.98 Å². The van der Waals surface area contributed by atoms with Crippen molar-refractivity contribution in [1.29, 1.82) is 0 Å². The highest BCUT2D eigenvalue weighted by Gasteiger charge is 2.21. The first-order chi connectivity index (χ1) is 11.2. The van der Waals surface area contributed by atoms with Crippen LogP contribution in [0, 0.1) is 0 Å². The molecule has 3 nitrogen and oxygen atoms in total. The lowest BCUT2D eigenvalue weighted by molar-refractivity contribution is 0.809. The van der Waals surface area contributed by atoms with E-state index in [0.29, 0.717) is 0 Å². The molecule has 0 unspecified atom stereocenters. The van der Waals surface area contributed by atoms with E-state index in [2.05, 4.69) is 67.0 Å². The number of thioether (sulfide) groups is 1. The molecule has 4 rings (SSSR count). The van der Waals surface area contributed by atoms with Gasteiger partial charge in [-0.3, -0.25) is 5.43 Å². The molecule has 1 N–H and O–H groups in total. The third kappa shape index (κ3) is 3.35. The second-order valence-corrected chi connectivity index (χ2v) is 7.51. The van der Waals surface area contributed by atoms with Crippen molar-refractivity contribution < 1.29 is 0 Å². The number of rotatable bonds is 2. The van der Waals surface area contributed by atoms with Crippen LogP contribution in [0.1, 0.15) is 5.56 Å². The fraction of sp³-hybridized carbons (Fsp3) is 0. The first kappa shape index (κ1) is 17.8. The summed E-state index contributed by atoms with van der Waals surface area (Å²) in [6.45, 7) is 0. The maximum absolute atomic E-state index is 4.73. The second kappa shape index (κ2) is 7.47. The number of hydrogen-bond donors (Lipinski definition) is 1. The van der Waals surface area contributed by atoms with Crippen LogP contribution in [0.2, 0.25) is 0 Å². The molecule has 7 heteroatoms. The van der Waals surface area contributed by atoms with Crippen LogP contribution in [0.3, 0.4) is 0 Å². The standard InChI is InChI=1S/C17H11Br2N3S.BrH/c18-13-8-6-11(7-9-13)14-10-23-17-20-15(16(19)22(17)21-14)12-4-2-1-3-5-12;/h1-10,21H;1H. The fourth-order valence-corrected chi connectivity index (χ4v) is 4.11. The molecule has 3 aromatic rings. The van der Waals surface area contributed by atoms with Gasteiger partial charge in [-0.05, 0) is 28.1 Å². The fourth-order valence-electron chi connectivity index (χ4n) is 2.36. The Labute approximate surface area is 171 Å². The van der Waals surface area contributed by atoms with Crippen LogP contribution in [-0.2, 0) is 0 Å². The Morgan fingerprint density at radius 3 is 2.33 bits per heavy atom. The summed E-state index contributed by atoms with van der Waals surface area (Å²) in [5.74, 6) is 0. The van der Waals surface area contributed by atoms with E-state index in [9.17, 15) is 0 Å². The largest absolute Gasteiger partial charge is 0.290 e. The molecule has 0 saturated heterocycles. The molecule has 1 aliphatic heterocycles. The van der Waals surface area contributed by atoms with Crippen molar-refractivity contribution in [2.75, 3.05) is 5.43 Å². The molecule has 0 amide bonds. The molecular weight excluding hydrogens is 518 g/mol. The van der Waals surface area contributed by atoms with Crippen molar-refractivity contribution in [3.05, 3.63) is 74.6 Å². The Balaban J connectivity index is 0.00000169. The van der Waals surface area contributed by atoms with E-state index in [1.54, 1.807) is 11.8 Å². The van der Waals surface area contributed by atoms with Gasteiger partial charge in [-0.25, -0.2) is 9.66 Å². The lowest BCUT2D eigenvalue weighted by atomic mass is 10.2. The van der Waals surface area contributed by atoms with Crippen molar-refractivity contribution in [2.45, 2.75) is 5.16 Å². The quantitative estimate of drug-likeness (QED) is 0.422. The minimum absolute atomic E-state index is 0. The van der Waals surface area contributed by atoms with Crippen LogP contribution < -0.4 is 5.43 Å². The maximum atomic E-state index is 4.73. The van der Waals surface area contributed by atoms with E-state index in [1.165, 1.54) is 0 Å². The summed E-state index contributed by atoms with van der Waals surface area (Å²) in [5, 5.41) is 3.00. The smallest absolute Gasteiger partial charge is 0.193 e. The molecule has 0 atom stereocenters. The highest BCUT2D eigenvalue weighted by molar-refractivity contribution is 9.10. The zero-order valence-corrected chi connectivity index (χ0v) is 17.9. The average molecular weight is 530 g/mol. The predicted octanol–water partition coefficient (Wildman–Crippen LogP) is 6.30. The van der Waals surface area contributed by atoms with Gasteiger partial charge in [0.2, 0.25) is 0 Å². The highest BCUT2D eigenvalue weighted by Crippen LogP contribution is 2.36. The zero-order chi connectivity index (χ0) is 15.8. The first-order valence-corrected chi connectivity index (χ1v) is 9.42. The lowest BCUT2D eigenvalue weighted by Crippen LogP contribution is -2.17. The molecule has 2 aromatic carbocycles. The summed E-state index contributed by atoms with van der Waals surface area (Å²) in [7, 11) is 0. The monoisotopic (exact) mass is 527 g/mol. The van der Waals surface area contributed by atoms with Crippen LogP contribution in [0.15, 0.2) is 74.2 Å². The summed E-state index contributed by atoms with van der Waals surface area (Å²) in [4.78, 5) is 4.73. The Bertz CT molecular complexity index is 889. The van der Waals surface area contributed by atoms with Gasteiger partial charge in [0, 0.05) is 21.0 Å². The molecule has 0 radical (unpaired) electrons. The Hall–Kier alpha value is -1.02. The van der Waals surface area contributed by atoms with Gasteiger partial charge in [-0.1, -0.05) is 70.2 Å². The number of aromatic nitrogens is 2. The van der Waals surface area contributed by atoms with Crippen molar-refractivity contribution in [3.63, 3.8) is 0 Å². The molecule has 0 spiro atoms. The van der Waals surface area contributed by atoms with Gasteiger partial charge < -0.3 is 0 Å². The third-order valence-corrected chi connectivity index (χ3v) is 5.60. The highest BCUT2D eigenvalue weighted by atomic mass is 79.9. The average Bonchev–Trinajstić information content (AvgIpc) is 2.93. The van der Waals surface area contributed by atoms with Crippen LogP contribution in [0.25, 0.3) is 17.0 Å². The predicted molar refractivity (Wildman–Crippen MR) is 113 cm³/mol. The number of benzene rings is 2. The Morgan fingerprint density at radius 2 is 1.62 bits per heavy atom. The number of hydrogen-bond acceptors (Lipinski definition) is 3. The summed E-state index contributed by atoms with van der Waals surface area (Å²) in [6.07, 6.45) is 0. The summed E-state index contributed by atoms with van der Waals surface area (Å²) in [5.41, 5.74) is 7.63. The van der Waals surface area contributed by atoms with Crippen molar-refractivity contribution >= 4 is 66.3 Å². The van der Waals surface area contributed by atoms with Crippen LogP contribution in [-0.4, -0.2) is 9.66 Å². The van der Waals surface area contributed by atoms with Crippen molar-refractivity contribution in [3.8, 4) is 11.3 Å². The minimum atomic E-state index is 0. The van der Waals surface area contributed by atoms with Crippen LogP contribution in [0.4, 0.5) is 0 Å². The van der Waals surface area contributed by atoms with Gasteiger partial charge in [-0.15, -0.1) is 17.0 Å². The minimum Gasteiger partial charge on any atom is -0.290 e. The second-order valence-electron chi connectivity index (χ2n) is 5.00. The molecule has 1 aliphatic rings. The first-order valence-electron chi connectivity index (χ1n) is 6.96. The zero-order valence-electron chi connectivity index (χ0n) is 12.2. The van der Waals surface area contributed by atoms with Crippen LogP contribution >= 0.6 is 60.6 Å². The molecule has 2 heterocycles. The summed E-state index contributed by atoms with van der Waals surface area (Å²) in [6, 6.07) is 18.4. The van der Waals surface area contributed by atoms with Gasteiger partial charge >= 0.3 is 0 Å². The van der Waals surface area contributed by atoms with Gasteiger partial charge in [0.15, 0.2) is 5.16 Å². The SMILES string of the molecule is Br.Brc1ccc(C2=CSc3nc(-c4ccccc4)c(Br)n3N2)cc1. The van der Waals surface area contributed by atoms with Gasteiger partial charge in [-0.2, -0.15) is 0 Å². The van der Waals surface area contributed by atoms with Gasteiger partial charge in [0.25, 0.3) is 0 Å². The molecule has 0 bridgehead atoms. The molecular formula is C17H12Br3N3S. The lowest BCUT2D eigenvalue weighted by Gasteiger charge is -2.18. The van der Waals surface area contributed by atoms with Crippen molar-refractivity contribution in [2.24, 2.45) is 0 Å². The van der Waals surface area contributed by atoms with E-state index in [0.717, 1.165) is 36.8 Å². The molecule has 0 saturated carbocycles. The summed E-state index contributed by atoms with van der Waals surface area (Å²) >= 11 is 8.75. The summed E-state index contributed by atoms with van der Waals surface area (Å²) < 4.78 is 3.97. The van der Waals surface area contributed by atoms with Crippen molar-refractivity contribution in [1.82, 2.24) is 9.66 Å². The van der Waals surface area contributed by atoms with Gasteiger partial charge in [0.05, 0.1) is 5.70 Å². The molecule has 122 valence electrons. The van der Waals surface area contributed by atoms with E-state index >= 15 is 0 Å². The number of nitrogens with one attached hydrogen (secondary N) is 1. The molecule has 0 fully saturated rings. The number of halogens is 3. The van der Waals surface area contributed by atoms with Crippen LogP contribution in [0.5, 0.6) is 0 Å². The molecule has 24 heavy (non-hydrogen) atoms. The topological polar surface area (TPSA) is 29.9 Å². The maximum Gasteiger partial charge on any atom is 0.193 e. The normalized spacial score (nSPS) is 12.7. The number of imidazole rings is 1. The Morgan fingerprint density at radius 1 is 0.917 bits per heavy atom. The van der Waals surface area contributed by atoms with E-state index in [1.807, 2.05) is 35.0 Å². The van der Waals surface area contributed by atoms with E-state index in [-0.39, 0.29) is 17.0 Å². The number of fused-ring (bicyclic) bond motifs is 1. The molecule has 0 aliphatic carbocycles.